The molecule has 3 rings (SSSR count). The van der Waals surface area contributed by atoms with Crippen LogP contribution in [0.4, 0.5) is 15.8 Å². The van der Waals surface area contributed by atoms with Gasteiger partial charge in [-0.25, -0.2) is 9.82 Å². The summed E-state index contributed by atoms with van der Waals surface area (Å²) in [4.78, 5) is 22.5. The topological polar surface area (TPSA) is 111 Å². The van der Waals surface area contributed by atoms with Crippen LogP contribution in [0.5, 0.6) is 5.75 Å². The van der Waals surface area contributed by atoms with Crippen molar-refractivity contribution in [3.8, 4) is 11.4 Å². The molecule has 0 radical (unpaired) electrons. The van der Waals surface area contributed by atoms with Crippen LogP contribution in [0.1, 0.15) is 17.0 Å². The van der Waals surface area contributed by atoms with Gasteiger partial charge >= 0.3 is 0 Å². The van der Waals surface area contributed by atoms with E-state index in [1.807, 2.05) is 24.5 Å². The summed E-state index contributed by atoms with van der Waals surface area (Å²) in [6, 6.07) is 12.0. The number of non-ortho nitro benzene ring substituents is 1. The number of nitro benzene ring substituents is 1. The van der Waals surface area contributed by atoms with Gasteiger partial charge in [0, 0.05) is 28.7 Å². The fraction of sp³-hybridized carbons (Fsp3) is 0.182. The zero-order valence-electron chi connectivity index (χ0n) is 17.8. The van der Waals surface area contributed by atoms with Crippen molar-refractivity contribution >= 4 is 23.5 Å². The first kappa shape index (κ1) is 22.5. The van der Waals surface area contributed by atoms with E-state index in [2.05, 4.69) is 15.8 Å². The van der Waals surface area contributed by atoms with E-state index in [9.17, 15) is 19.3 Å². The van der Waals surface area contributed by atoms with Crippen LogP contribution < -0.4 is 15.5 Å². The van der Waals surface area contributed by atoms with Gasteiger partial charge in [-0.05, 0) is 50.2 Å². The molecular weight excluding hydrogens is 417 g/mol. The van der Waals surface area contributed by atoms with Crippen LogP contribution in [0.15, 0.2) is 53.6 Å². The summed E-state index contributed by atoms with van der Waals surface area (Å²) in [6.45, 7) is 3.73. The first-order valence-corrected chi connectivity index (χ1v) is 9.63. The summed E-state index contributed by atoms with van der Waals surface area (Å²) >= 11 is 0. The van der Waals surface area contributed by atoms with Crippen molar-refractivity contribution in [1.82, 2.24) is 9.99 Å². The number of nitrogens with zero attached hydrogens (tertiary/aromatic N) is 3. The summed E-state index contributed by atoms with van der Waals surface area (Å²) in [5.74, 6) is -0.352. The van der Waals surface area contributed by atoms with E-state index in [1.165, 1.54) is 49.7 Å². The highest BCUT2D eigenvalue weighted by molar-refractivity contribution is 5.85. The Kier molecular flexibility index (Phi) is 6.83. The number of nitrogens with one attached hydrogen (secondary N) is 2. The maximum absolute atomic E-state index is 12.9. The van der Waals surface area contributed by atoms with Crippen molar-refractivity contribution in [2.45, 2.75) is 13.8 Å². The number of aromatic nitrogens is 1. The number of carbonyl (C=O) groups is 1. The monoisotopic (exact) mass is 439 g/mol. The number of methoxy groups -OCH3 is 1. The lowest BCUT2D eigenvalue weighted by Crippen LogP contribution is -2.25. The van der Waals surface area contributed by atoms with E-state index in [1.54, 1.807) is 6.07 Å². The minimum Gasteiger partial charge on any atom is -0.494 e. The SMILES string of the molecule is COc1cc([N+](=O)[O-])ccc1-n1c(C)cc(/C=N\NC(=O)CNc2ccc(F)cc2)c1C. The van der Waals surface area contributed by atoms with E-state index in [0.717, 1.165) is 17.0 Å². The molecule has 0 unspecified atom stereocenters. The lowest BCUT2D eigenvalue weighted by Gasteiger charge is -2.13. The molecule has 0 bridgehead atoms. The van der Waals surface area contributed by atoms with Crippen molar-refractivity contribution in [3.63, 3.8) is 0 Å². The minimum atomic E-state index is -0.479. The highest BCUT2D eigenvalue weighted by atomic mass is 19.1. The number of anilines is 1. The van der Waals surface area contributed by atoms with Crippen molar-refractivity contribution in [2.75, 3.05) is 19.0 Å². The summed E-state index contributed by atoms with van der Waals surface area (Å²) < 4.78 is 20.2. The molecule has 1 amide bonds. The molecule has 0 saturated carbocycles. The second kappa shape index (κ2) is 9.73. The zero-order chi connectivity index (χ0) is 23.3. The third-order valence-corrected chi connectivity index (χ3v) is 4.78. The number of rotatable bonds is 8. The first-order valence-electron chi connectivity index (χ1n) is 9.63. The van der Waals surface area contributed by atoms with Crippen molar-refractivity contribution in [1.29, 1.82) is 0 Å². The van der Waals surface area contributed by atoms with Gasteiger partial charge in [0.05, 0.1) is 36.5 Å². The van der Waals surface area contributed by atoms with Gasteiger partial charge in [0.1, 0.15) is 11.6 Å². The van der Waals surface area contributed by atoms with Gasteiger partial charge in [-0.3, -0.25) is 14.9 Å². The molecule has 2 aromatic carbocycles. The number of hydrogen-bond donors (Lipinski definition) is 2. The highest BCUT2D eigenvalue weighted by Gasteiger charge is 2.17. The Labute approximate surface area is 183 Å². The van der Waals surface area contributed by atoms with Gasteiger partial charge in [-0.15, -0.1) is 0 Å². The first-order chi connectivity index (χ1) is 15.3. The molecule has 0 fully saturated rings. The molecule has 0 aliphatic rings. The van der Waals surface area contributed by atoms with Crippen LogP contribution >= 0.6 is 0 Å². The number of amides is 1. The molecule has 10 heteroatoms. The van der Waals surface area contributed by atoms with Gasteiger partial charge < -0.3 is 14.6 Å². The molecule has 32 heavy (non-hydrogen) atoms. The van der Waals surface area contributed by atoms with Crippen LogP contribution in [-0.4, -0.2) is 35.3 Å². The van der Waals surface area contributed by atoms with Crippen LogP contribution in [0.3, 0.4) is 0 Å². The van der Waals surface area contributed by atoms with E-state index < -0.39 is 4.92 Å². The quantitative estimate of drug-likeness (QED) is 0.316. The van der Waals surface area contributed by atoms with Gasteiger partial charge in [0.15, 0.2) is 0 Å². The Morgan fingerprint density at radius 3 is 2.59 bits per heavy atom. The predicted molar refractivity (Wildman–Crippen MR) is 119 cm³/mol. The number of ether oxygens (including phenoxy) is 1. The van der Waals surface area contributed by atoms with Crippen molar-refractivity contribution < 1.29 is 18.8 Å². The normalized spacial score (nSPS) is 10.9. The fourth-order valence-electron chi connectivity index (χ4n) is 3.22. The molecule has 0 aliphatic heterocycles. The molecular formula is C22H22FN5O4. The van der Waals surface area contributed by atoms with Crippen LogP contribution in [0.25, 0.3) is 5.69 Å². The van der Waals surface area contributed by atoms with Crippen molar-refractivity contribution in [2.24, 2.45) is 5.10 Å². The second-order valence-electron chi connectivity index (χ2n) is 6.93. The largest absolute Gasteiger partial charge is 0.494 e. The summed E-state index contributed by atoms with van der Waals surface area (Å²) in [5, 5.41) is 17.9. The molecule has 9 nitrogen and oxygen atoms in total. The average Bonchev–Trinajstić information content (AvgIpc) is 3.05. The third kappa shape index (κ3) is 5.09. The highest BCUT2D eigenvalue weighted by Crippen LogP contribution is 2.31. The number of nitro groups is 1. The molecule has 1 aromatic heterocycles. The number of benzene rings is 2. The van der Waals surface area contributed by atoms with Gasteiger partial charge in [-0.2, -0.15) is 5.10 Å². The Morgan fingerprint density at radius 1 is 1.22 bits per heavy atom. The summed E-state index contributed by atoms with van der Waals surface area (Å²) in [5.41, 5.74) is 6.08. The Balaban J connectivity index is 1.71. The molecule has 0 saturated heterocycles. The molecule has 3 aromatic rings. The van der Waals surface area contributed by atoms with E-state index in [0.29, 0.717) is 17.1 Å². The maximum atomic E-state index is 12.9. The molecule has 0 spiro atoms. The molecule has 166 valence electrons. The fourth-order valence-corrected chi connectivity index (χ4v) is 3.22. The van der Waals surface area contributed by atoms with Crippen LogP contribution in [-0.2, 0) is 4.79 Å². The van der Waals surface area contributed by atoms with Gasteiger partial charge in [0.25, 0.3) is 11.6 Å². The van der Waals surface area contributed by atoms with E-state index in [4.69, 9.17) is 4.74 Å². The Morgan fingerprint density at radius 2 is 1.94 bits per heavy atom. The second-order valence-corrected chi connectivity index (χ2v) is 6.93. The Hall–Kier alpha value is -4.21. The van der Waals surface area contributed by atoms with Crippen LogP contribution in [0, 0.1) is 29.8 Å². The smallest absolute Gasteiger partial charge is 0.273 e. The van der Waals surface area contributed by atoms with E-state index in [-0.39, 0.29) is 24.0 Å². The summed E-state index contributed by atoms with van der Waals surface area (Å²) in [6.07, 6.45) is 1.52. The molecule has 1 heterocycles. The number of aryl methyl sites for hydroxylation is 1. The van der Waals surface area contributed by atoms with Gasteiger partial charge in [0.2, 0.25) is 0 Å². The average molecular weight is 439 g/mol. The molecule has 2 N–H and O–H groups in total. The van der Waals surface area contributed by atoms with Crippen LogP contribution in [0.2, 0.25) is 0 Å². The number of halogens is 1. The number of hydrazone groups is 1. The lowest BCUT2D eigenvalue weighted by atomic mass is 10.2. The van der Waals surface area contributed by atoms with E-state index >= 15 is 0 Å². The summed E-state index contributed by atoms with van der Waals surface area (Å²) in [7, 11) is 1.45. The third-order valence-electron chi connectivity index (χ3n) is 4.78. The standard InChI is InChI=1S/C22H22FN5O4/c1-14-10-16(12-25-26-22(29)13-24-18-6-4-17(23)5-7-18)15(2)27(14)20-9-8-19(28(30)31)11-21(20)32-3/h4-12,24H,13H2,1-3H3,(H,26,29)/b25-12-. The Bertz CT molecular complexity index is 1170. The number of carbonyl (C=O) groups excluding carboxylic acids is 1. The predicted octanol–water partition coefficient (Wildman–Crippen LogP) is 3.71. The molecule has 0 atom stereocenters. The zero-order valence-corrected chi connectivity index (χ0v) is 17.8. The maximum Gasteiger partial charge on any atom is 0.273 e. The minimum absolute atomic E-state index is 0.0258. The number of hydrogen-bond acceptors (Lipinski definition) is 6. The molecule has 0 aliphatic carbocycles. The van der Waals surface area contributed by atoms with Gasteiger partial charge in [-0.1, -0.05) is 0 Å². The van der Waals surface area contributed by atoms with Crippen molar-refractivity contribution in [3.05, 3.63) is 81.4 Å². The lowest BCUT2D eigenvalue weighted by molar-refractivity contribution is -0.384.